The number of nitriles is 1. The molecule has 2 atom stereocenters. The summed E-state index contributed by atoms with van der Waals surface area (Å²) < 4.78 is 19.8. The standard InChI is InChI=1S/C26H28N6O3/c1-16-22-11-33-6-5-20(22)21-7-18(3-4-23(21)28-16)35-17(2)24-10-32(30-29-24)25-12-26(13-25)15-34-19(8-27)9-31(26)14-25/h3-4,7,10,17,19H,5-6,9,11-15H2,1-2H3/t17-,19?,25?,26?/m1/s1. The first kappa shape index (κ1) is 21.2. The van der Waals surface area contributed by atoms with Gasteiger partial charge in [-0.2, -0.15) is 5.26 Å². The van der Waals surface area contributed by atoms with E-state index < -0.39 is 0 Å². The number of hydrogen-bond donors (Lipinski definition) is 0. The van der Waals surface area contributed by atoms with Crippen molar-refractivity contribution in [1.82, 2.24) is 24.9 Å². The molecule has 2 aromatic heterocycles. The van der Waals surface area contributed by atoms with Crippen LogP contribution in [0.4, 0.5) is 0 Å². The van der Waals surface area contributed by atoms with Gasteiger partial charge < -0.3 is 14.2 Å². The first-order valence-electron chi connectivity index (χ1n) is 12.3. The Kier molecular flexibility index (Phi) is 4.53. The van der Waals surface area contributed by atoms with Crippen LogP contribution in [0.15, 0.2) is 24.4 Å². The lowest BCUT2D eigenvalue weighted by Gasteiger charge is -2.50. The SMILES string of the molecule is Cc1nc2ccc(O[C@H](C)c3cn(C45CN6CC(C#N)OCC6(C4)C5)nn3)cc2c2c1COCC2. The molecule has 4 fully saturated rings. The van der Waals surface area contributed by atoms with Gasteiger partial charge in [0.1, 0.15) is 17.5 Å². The van der Waals surface area contributed by atoms with Crippen LogP contribution in [-0.2, 0) is 28.0 Å². The van der Waals surface area contributed by atoms with Crippen molar-refractivity contribution in [2.24, 2.45) is 0 Å². The van der Waals surface area contributed by atoms with Crippen LogP contribution < -0.4 is 4.74 Å². The number of hydrogen-bond acceptors (Lipinski definition) is 8. The zero-order chi connectivity index (χ0) is 23.8. The van der Waals surface area contributed by atoms with Crippen molar-refractivity contribution in [3.63, 3.8) is 0 Å². The van der Waals surface area contributed by atoms with E-state index in [1.165, 1.54) is 11.1 Å². The number of rotatable bonds is 4. The molecule has 9 heteroatoms. The number of ether oxygens (including phenoxy) is 3. The van der Waals surface area contributed by atoms with Crippen molar-refractivity contribution in [1.29, 1.82) is 5.26 Å². The van der Waals surface area contributed by atoms with Crippen LogP contribution in [0.2, 0.25) is 0 Å². The zero-order valence-electron chi connectivity index (χ0n) is 20.0. The van der Waals surface area contributed by atoms with Crippen LogP contribution in [0.1, 0.15) is 48.4 Å². The highest BCUT2D eigenvalue weighted by atomic mass is 16.5. The number of pyridine rings is 1. The predicted molar refractivity (Wildman–Crippen MR) is 126 cm³/mol. The quantitative estimate of drug-likeness (QED) is 0.572. The van der Waals surface area contributed by atoms with E-state index in [4.69, 9.17) is 19.2 Å². The molecule has 8 rings (SSSR count). The monoisotopic (exact) mass is 472 g/mol. The van der Waals surface area contributed by atoms with Gasteiger partial charge in [0.2, 0.25) is 0 Å². The van der Waals surface area contributed by atoms with E-state index in [0.29, 0.717) is 19.8 Å². The number of fused-ring (bicyclic) bond motifs is 3. The Morgan fingerprint density at radius 2 is 2.14 bits per heavy atom. The number of nitrogens with zero attached hydrogens (tertiary/aromatic N) is 6. The molecule has 2 bridgehead atoms. The van der Waals surface area contributed by atoms with Crippen molar-refractivity contribution in [2.45, 2.75) is 63.0 Å². The van der Waals surface area contributed by atoms with Crippen LogP contribution in [0.25, 0.3) is 10.9 Å². The van der Waals surface area contributed by atoms with Crippen molar-refractivity contribution in [2.75, 3.05) is 26.3 Å². The average molecular weight is 473 g/mol. The Bertz CT molecular complexity index is 1370. The minimum atomic E-state index is -0.337. The zero-order valence-corrected chi connectivity index (χ0v) is 20.0. The molecule has 1 unspecified atom stereocenters. The molecule has 3 aromatic rings. The molecule has 1 spiro atoms. The summed E-state index contributed by atoms with van der Waals surface area (Å²) in [7, 11) is 0. The molecule has 6 heterocycles. The second-order valence-corrected chi connectivity index (χ2v) is 10.6. The average Bonchev–Trinajstić information content (AvgIpc) is 3.55. The van der Waals surface area contributed by atoms with Gasteiger partial charge in [0, 0.05) is 35.3 Å². The van der Waals surface area contributed by atoms with Crippen molar-refractivity contribution in [3.8, 4) is 11.8 Å². The molecule has 3 saturated heterocycles. The molecule has 4 aliphatic heterocycles. The maximum Gasteiger partial charge on any atom is 0.156 e. The van der Waals surface area contributed by atoms with Crippen molar-refractivity contribution < 1.29 is 14.2 Å². The molecule has 1 aliphatic carbocycles. The molecule has 0 N–H and O–H groups in total. The van der Waals surface area contributed by atoms with E-state index in [-0.39, 0.29) is 23.3 Å². The summed E-state index contributed by atoms with van der Waals surface area (Å²) >= 11 is 0. The van der Waals surface area contributed by atoms with E-state index in [1.807, 2.05) is 29.9 Å². The van der Waals surface area contributed by atoms with Crippen LogP contribution >= 0.6 is 0 Å². The lowest BCUT2D eigenvalue weighted by Crippen LogP contribution is -2.60. The van der Waals surface area contributed by atoms with Crippen LogP contribution in [0.5, 0.6) is 5.75 Å². The normalized spacial score (nSPS) is 30.3. The van der Waals surface area contributed by atoms with Crippen LogP contribution in [-0.4, -0.2) is 62.8 Å². The third kappa shape index (κ3) is 3.13. The molecule has 180 valence electrons. The molecule has 0 radical (unpaired) electrons. The van der Waals surface area contributed by atoms with E-state index in [1.54, 1.807) is 0 Å². The predicted octanol–water partition coefficient (Wildman–Crippen LogP) is 2.81. The van der Waals surface area contributed by atoms with E-state index in [2.05, 4.69) is 34.3 Å². The Morgan fingerprint density at radius 3 is 3.00 bits per heavy atom. The number of benzene rings is 1. The molecular formula is C26H28N6O3. The molecule has 0 amide bonds. The van der Waals surface area contributed by atoms with Gasteiger partial charge in [0.25, 0.3) is 0 Å². The molecular weight excluding hydrogens is 444 g/mol. The van der Waals surface area contributed by atoms with Crippen LogP contribution in [0.3, 0.4) is 0 Å². The van der Waals surface area contributed by atoms with Gasteiger partial charge in [-0.1, -0.05) is 5.21 Å². The maximum atomic E-state index is 9.25. The molecule has 1 aromatic carbocycles. The third-order valence-corrected chi connectivity index (χ3v) is 8.41. The number of aryl methyl sites for hydroxylation is 1. The highest BCUT2D eigenvalue weighted by molar-refractivity contribution is 5.85. The van der Waals surface area contributed by atoms with Gasteiger partial charge in [-0.25, -0.2) is 4.68 Å². The summed E-state index contributed by atoms with van der Waals surface area (Å²) in [5.41, 5.74) is 5.37. The highest BCUT2D eigenvalue weighted by Gasteiger charge is 2.68. The number of aromatic nitrogens is 4. The Hall–Kier alpha value is -3.06. The first-order valence-corrected chi connectivity index (χ1v) is 12.3. The Labute approximate surface area is 203 Å². The minimum absolute atomic E-state index is 0.0588. The summed E-state index contributed by atoms with van der Waals surface area (Å²) in [4.78, 5) is 7.19. The van der Waals surface area contributed by atoms with Gasteiger partial charge in [-0.3, -0.25) is 9.88 Å². The number of morpholine rings is 1. The largest absolute Gasteiger partial charge is 0.484 e. The minimum Gasteiger partial charge on any atom is -0.484 e. The Morgan fingerprint density at radius 1 is 1.26 bits per heavy atom. The van der Waals surface area contributed by atoms with E-state index >= 15 is 0 Å². The van der Waals surface area contributed by atoms with Crippen LogP contribution in [0, 0.1) is 18.3 Å². The summed E-state index contributed by atoms with van der Waals surface area (Å²) in [6, 6.07) is 8.37. The van der Waals surface area contributed by atoms with Gasteiger partial charge in [0.15, 0.2) is 6.10 Å². The smallest absolute Gasteiger partial charge is 0.156 e. The van der Waals surface area contributed by atoms with Crippen molar-refractivity contribution in [3.05, 3.63) is 46.9 Å². The summed E-state index contributed by atoms with van der Waals surface area (Å²) in [5.74, 6) is 0.803. The maximum absolute atomic E-state index is 9.25. The lowest BCUT2D eigenvalue weighted by molar-refractivity contribution is -0.0937. The molecule has 35 heavy (non-hydrogen) atoms. The summed E-state index contributed by atoms with van der Waals surface area (Å²) in [5, 5.41) is 19.4. The summed E-state index contributed by atoms with van der Waals surface area (Å²) in [6.07, 6.45) is 4.33. The first-order chi connectivity index (χ1) is 17.0. The third-order valence-electron chi connectivity index (χ3n) is 8.41. The molecule has 9 nitrogen and oxygen atoms in total. The fraction of sp³-hybridized carbons (Fsp3) is 0.538. The topological polar surface area (TPSA) is 98.3 Å². The van der Waals surface area contributed by atoms with E-state index in [9.17, 15) is 5.26 Å². The Balaban J connectivity index is 1.11. The molecule has 1 saturated carbocycles. The van der Waals surface area contributed by atoms with Gasteiger partial charge >= 0.3 is 0 Å². The fourth-order valence-corrected chi connectivity index (χ4v) is 6.65. The fourth-order valence-electron chi connectivity index (χ4n) is 6.65. The van der Waals surface area contributed by atoms with Gasteiger partial charge in [-0.05, 0) is 56.9 Å². The second-order valence-electron chi connectivity index (χ2n) is 10.6. The second kappa shape index (κ2) is 7.47. The molecule has 5 aliphatic rings. The lowest BCUT2D eigenvalue weighted by atomic mass is 9.67. The highest BCUT2D eigenvalue weighted by Crippen LogP contribution is 2.58. The van der Waals surface area contributed by atoms with Gasteiger partial charge in [-0.15, -0.1) is 5.10 Å². The van der Waals surface area contributed by atoms with E-state index in [0.717, 1.165) is 60.5 Å². The van der Waals surface area contributed by atoms with Crippen molar-refractivity contribution >= 4 is 10.9 Å². The van der Waals surface area contributed by atoms with Gasteiger partial charge in [0.05, 0.1) is 43.1 Å². The summed E-state index contributed by atoms with van der Waals surface area (Å²) in [6.45, 7) is 7.61.